The Kier molecular flexibility index (Phi) is 2.17. The van der Waals surface area contributed by atoms with E-state index in [9.17, 15) is 9.18 Å². The molecule has 0 unspecified atom stereocenters. The van der Waals surface area contributed by atoms with Crippen molar-refractivity contribution in [3.8, 4) is 0 Å². The van der Waals surface area contributed by atoms with Crippen molar-refractivity contribution < 1.29 is 9.18 Å². The van der Waals surface area contributed by atoms with Crippen LogP contribution in [-0.4, -0.2) is 6.29 Å². The van der Waals surface area contributed by atoms with Gasteiger partial charge in [0.05, 0.1) is 5.56 Å². The molecular formula is C7H7FOS. The highest BCUT2D eigenvalue weighted by molar-refractivity contribution is 7.10. The molecule has 1 heterocycles. The Balaban J connectivity index is 3.03. The van der Waals surface area contributed by atoms with Gasteiger partial charge in [0.25, 0.3) is 0 Å². The topological polar surface area (TPSA) is 17.1 Å². The summed E-state index contributed by atoms with van der Waals surface area (Å²) in [5, 5.41) is -0.369. The zero-order chi connectivity index (χ0) is 7.56. The number of hydrogen-bond acceptors (Lipinski definition) is 2. The van der Waals surface area contributed by atoms with Gasteiger partial charge in [-0.15, -0.1) is 11.3 Å². The third-order valence-corrected chi connectivity index (χ3v) is 2.32. The van der Waals surface area contributed by atoms with Crippen molar-refractivity contribution in [2.75, 3.05) is 0 Å². The summed E-state index contributed by atoms with van der Waals surface area (Å²) in [7, 11) is 0. The van der Waals surface area contributed by atoms with Crippen molar-refractivity contribution in [2.45, 2.75) is 13.3 Å². The largest absolute Gasteiger partial charge is 0.298 e. The lowest BCUT2D eigenvalue weighted by Gasteiger charge is -1.79. The van der Waals surface area contributed by atoms with E-state index in [1.165, 1.54) is 0 Å². The fourth-order valence-corrected chi connectivity index (χ4v) is 1.47. The fourth-order valence-electron chi connectivity index (χ4n) is 0.688. The summed E-state index contributed by atoms with van der Waals surface area (Å²) in [4.78, 5) is 11.0. The van der Waals surface area contributed by atoms with Crippen LogP contribution in [0.1, 0.15) is 22.2 Å². The molecule has 3 heteroatoms. The second-order valence-electron chi connectivity index (χ2n) is 1.91. The summed E-state index contributed by atoms with van der Waals surface area (Å²) in [6, 6.07) is 1.59. The molecule has 0 N–H and O–H groups in total. The van der Waals surface area contributed by atoms with Crippen molar-refractivity contribution >= 4 is 17.6 Å². The van der Waals surface area contributed by atoms with Crippen molar-refractivity contribution in [3.63, 3.8) is 0 Å². The van der Waals surface area contributed by atoms with Crippen LogP contribution in [-0.2, 0) is 6.42 Å². The first kappa shape index (κ1) is 7.41. The van der Waals surface area contributed by atoms with E-state index in [1.807, 2.05) is 6.92 Å². The summed E-state index contributed by atoms with van der Waals surface area (Å²) >= 11 is 1.04. The summed E-state index contributed by atoms with van der Waals surface area (Å²) < 4.78 is 12.6. The second-order valence-corrected chi connectivity index (χ2v) is 3.00. The maximum Gasteiger partial charge on any atom is 0.187 e. The normalized spacial score (nSPS) is 9.80. The Morgan fingerprint density at radius 2 is 2.50 bits per heavy atom. The van der Waals surface area contributed by atoms with E-state index in [1.54, 1.807) is 6.07 Å². The number of aryl methyl sites for hydroxylation is 1. The molecule has 0 amide bonds. The lowest BCUT2D eigenvalue weighted by atomic mass is 10.3. The van der Waals surface area contributed by atoms with Crippen LogP contribution in [0.15, 0.2) is 6.07 Å². The predicted molar refractivity (Wildman–Crippen MR) is 39.0 cm³/mol. The van der Waals surface area contributed by atoms with E-state index in [0.29, 0.717) is 6.29 Å². The zero-order valence-corrected chi connectivity index (χ0v) is 6.37. The van der Waals surface area contributed by atoms with Gasteiger partial charge in [-0.3, -0.25) is 4.79 Å². The Hall–Kier alpha value is -0.700. The van der Waals surface area contributed by atoms with Crippen LogP contribution in [0.25, 0.3) is 0 Å². The monoisotopic (exact) mass is 158 g/mol. The maximum atomic E-state index is 12.6. The third kappa shape index (κ3) is 1.24. The number of rotatable bonds is 2. The Morgan fingerprint density at radius 3 is 2.80 bits per heavy atom. The van der Waals surface area contributed by atoms with E-state index in [-0.39, 0.29) is 10.7 Å². The third-order valence-electron chi connectivity index (χ3n) is 1.24. The highest BCUT2D eigenvalue weighted by Crippen LogP contribution is 2.19. The van der Waals surface area contributed by atoms with E-state index in [2.05, 4.69) is 0 Å². The van der Waals surface area contributed by atoms with Gasteiger partial charge >= 0.3 is 0 Å². The van der Waals surface area contributed by atoms with E-state index in [4.69, 9.17) is 0 Å². The Bertz CT molecular complexity index is 242. The summed E-state index contributed by atoms with van der Waals surface area (Å²) in [5.41, 5.74) is 0.182. The zero-order valence-electron chi connectivity index (χ0n) is 5.56. The van der Waals surface area contributed by atoms with E-state index >= 15 is 0 Å². The smallest absolute Gasteiger partial charge is 0.187 e. The summed E-state index contributed by atoms with van der Waals surface area (Å²) in [5.74, 6) is 0. The minimum atomic E-state index is -0.369. The average molecular weight is 158 g/mol. The van der Waals surface area contributed by atoms with Crippen molar-refractivity contribution in [1.29, 1.82) is 0 Å². The van der Waals surface area contributed by atoms with Crippen LogP contribution >= 0.6 is 11.3 Å². The van der Waals surface area contributed by atoms with Gasteiger partial charge in [0, 0.05) is 4.88 Å². The van der Waals surface area contributed by atoms with Crippen LogP contribution in [0.5, 0.6) is 0 Å². The molecule has 0 spiro atoms. The molecule has 10 heavy (non-hydrogen) atoms. The Morgan fingerprint density at radius 1 is 1.80 bits per heavy atom. The van der Waals surface area contributed by atoms with Crippen LogP contribution in [0.2, 0.25) is 0 Å². The number of thiophene rings is 1. The number of carbonyl (C=O) groups excluding carboxylic acids is 1. The van der Waals surface area contributed by atoms with Crippen molar-refractivity contribution in [1.82, 2.24) is 0 Å². The molecule has 0 bridgehead atoms. The Labute approximate surface area is 62.5 Å². The van der Waals surface area contributed by atoms with Crippen LogP contribution < -0.4 is 0 Å². The molecule has 1 rings (SSSR count). The predicted octanol–water partition coefficient (Wildman–Crippen LogP) is 2.26. The van der Waals surface area contributed by atoms with E-state index in [0.717, 1.165) is 22.6 Å². The summed E-state index contributed by atoms with van der Waals surface area (Å²) in [6.07, 6.45) is 1.33. The molecule has 1 aromatic heterocycles. The molecule has 0 aliphatic carbocycles. The molecule has 54 valence electrons. The highest BCUT2D eigenvalue weighted by Gasteiger charge is 2.04. The lowest BCUT2D eigenvalue weighted by Crippen LogP contribution is -1.75. The maximum absolute atomic E-state index is 12.6. The first-order valence-corrected chi connectivity index (χ1v) is 3.83. The number of hydrogen-bond donors (Lipinski definition) is 0. The van der Waals surface area contributed by atoms with Crippen LogP contribution in [0.4, 0.5) is 4.39 Å². The van der Waals surface area contributed by atoms with Gasteiger partial charge in [-0.25, -0.2) is 0 Å². The lowest BCUT2D eigenvalue weighted by molar-refractivity contribution is 0.112. The second kappa shape index (κ2) is 2.92. The molecule has 0 aliphatic heterocycles. The van der Waals surface area contributed by atoms with Gasteiger partial charge in [0.2, 0.25) is 0 Å². The minimum absolute atomic E-state index is 0.182. The molecule has 0 saturated heterocycles. The quantitative estimate of drug-likeness (QED) is 0.603. The minimum Gasteiger partial charge on any atom is -0.298 e. The van der Waals surface area contributed by atoms with Gasteiger partial charge in [0.1, 0.15) is 0 Å². The van der Waals surface area contributed by atoms with Gasteiger partial charge < -0.3 is 0 Å². The molecule has 0 atom stereocenters. The molecule has 1 nitrogen and oxygen atoms in total. The molecule has 0 aromatic carbocycles. The molecule has 0 fully saturated rings. The van der Waals surface area contributed by atoms with Gasteiger partial charge in [0.15, 0.2) is 11.4 Å². The van der Waals surface area contributed by atoms with Gasteiger partial charge in [-0.2, -0.15) is 4.39 Å². The molecule has 0 saturated carbocycles. The van der Waals surface area contributed by atoms with Gasteiger partial charge in [-0.05, 0) is 12.5 Å². The number of carbonyl (C=O) groups is 1. The molecule has 0 aliphatic rings. The molecule has 1 aromatic rings. The highest BCUT2D eigenvalue weighted by atomic mass is 32.1. The van der Waals surface area contributed by atoms with Crippen molar-refractivity contribution in [2.24, 2.45) is 0 Å². The van der Waals surface area contributed by atoms with Crippen LogP contribution in [0, 0.1) is 5.13 Å². The summed E-state index contributed by atoms with van der Waals surface area (Å²) in [6.45, 7) is 1.93. The first-order valence-electron chi connectivity index (χ1n) is 3.01. The number of halogens is 1. The SMILES string of the molecule is CCc1cc(C=O)c(F)s1. The molecule has 0 radical (unpaired) electrons. The fraction of sp³-hybridized carbons (Fsp3) is 0.286. The van der Waals surface area contributed by atoms with Crippen molar-refractivity contribution in [3.05, 3.63) is 21.6 Å². The molecular weight excluding hydrogens is 151 g/mol. The number of aldehydes is 1. The van der Waals surface area contributed by atoms with Crippen LogP contribution in [0.3, 0.4) is 0 Å². The average Bonchev–Trinajstić information content (AvgIpc) is 2.30. The van der Waals surface area contributed by atoms with E-state index < -0.39 is 0 Å². The standard InChI is InChI=1S/C7H7FOS/c1-2-6-3-5(4-9)7(8)10-6/h3-4H,2H2,1H3. The first-order chi connectivity index (χ1) is 4.77. The van der Waals surface area contributed by atoms with Gasteiger partial charge in [-0.1, -0.05) is 6.92 Å².